The largest absolute Gasteiger partial charge is 0.288 e. The topological polar surface area (TPSA) is 54.5 Å². The van der Waals surface area contributed by atoms with Gasteiger partial charge in [-0.2, -0.15) is 4.31 Å². The Morgan fingerprint density at radius 2 is 1.89 bits per heavy atom. The molecule has 1 fully saturated rings. The zero-order chi connectivity index (χ0) is 13.3. The molecule has 18 heavy (non-hydrogen) atoms. The van der Waals surface area contributed by atoms with Crippen molar-refractivity contribution in [3.63, 3.8) is 0 Å². The molecule has 1 aliphatic heterocycles. The third kappa shape index (κ3) is 2.67. The Morgan fingerprint density at radius 3 is 2.44 bits per heavy atom. The van der Waals surface area contributed by atoms with Crippen molar-refractivity contribution in [3.8, 4) is 0 Å². The van der Waals surface area contributed by atoms with E-state index in [1.54, 1.807) is 6.29 Å². The van der Waals surface area contributed by atoms with E-state index in [-0.39, 0.29) is 21.5 Å². The molecule has 1 radical (unpaired) electrons. The van der Waals surface area contributed by atoms with E-state index in [1.165, 1.54) is 30.0 Å². The number of halogens is 2. The molecule has 0 bridgehead atoms. The van der Waals surface area contributed by atoms with E-state index in [0.29, 0.717) is 5.75 Å². The molecule has 4 nitrogen and oxygen atoms in total. The van der Waals surface area contributed by atoms with Crippen LogP contribution in [-0.2, 0) is 14.8 Å². The lowest BCUT2D eigenvalue weighted by Crippen LogP contribution is -2.35. The van der Waals surface area contributed by atoms with Crippen LogP contribution >= 0.6 is 35.0 Å². The lowest BCUT2D eigenvalue weighted by Gasteiger charge is -2.18. The highest BCUT2D eigenvalue weighted by molar-refractivity contribution is 8.01. The predicted octanol–water partition coefficient (Wildman–Crippen LogP) is 2.17. The van der Waals surface area contributed by atoms with Crippen molar-refractivity contribution >= 4 is 51.3 Å². The fraction of sp³-hybridized carbons (Fsp3) is 0.300. The van der Waals surface area contributed by atoms with Gasteiger partial charge in [-0.3, -0.25) is 4.79 Å². The van der Waals surface area contributed by atoms with Crippen LogP contribution in [0.3, 0.4) is 0 Å². The van der Waals surface area contributed by atoms with Crippen molar-refractivity contribution in [2.45, 2.75) is 10.3 Å². The van der Waals surface area contributed by atoms with Gasteiger partial charge < -0.3 is 0 Å². The number of benzene rings is 1. The zero-order valence-electron chi connectivity index (χ0n) is 8.97. The average Bonchev–Trinajstić information content (AvgIpc) is 2.76. The Balaban J connectivity index is 2.44. The van der Waals surface area contributed by atoms with Crippen LogP contribution in [-0.4, -0.2) is 36.7 Å². The molecule has 1 saturated heterocycles. The molecule has 0 aromatic heterocycles. The predicted molar refractivity (Wildman–Crippen MR) is 72.3 cm³/mol. The van der Waals surface area contributed by atoms with Crippen LogP contribution in [0.25, 0.3) is 0 Å². The SMILES string of the molecule is O=[C][C@@H]1SCCN1S(=O)(=O)c1cc(Cl)cc(Cl)c1. The van der Waals surface area contributed by atoms with Gasteiger partial charge in [0.25, 0.3) is 0 Å². The molecule has 0 aliphatic carbocycles. The summed E-state index contributed by atoms with van der Waals surface area (Å²) >= 11 is 12.8. The van der Waals surface area contributed by atoms with Crippen LogP contribution < -0.4 is 0 Å². The van der Waals surface area contributed by atoms with Gasteiger partial charge in [0.1, 0.15) is 5.37 Å². The van der Waals surface area contributed by atoms with Gasteiger partial charge in [0.05, 0.1) is 4.90 Å². The molecule has 1 aliphatic rings. The number of hydrogen-bond donors (Lipinski definition) is 0. The Labute approximate surface area is 119 Å². The Bertz CT molecular complexity index is 556. The smallest absolute Gasteiger partial charge is 0.244 e. The van der Waals surface area contributed by atoms with Crippen LogP contribution in [0, 0.1) is 0 Å². The quantitative estimate of drug-likeness (QED) is 0.855. The Hall–Kier alpha value is -0.270. The molecule has 1 atom stereocenters. The van der Waals surface area contributed by atoms with Crippen molar-refractivity contribution in [3.05, 3.63) is 28.2 Å². The second-order valence-electron chi connectivity index (χ2n) is 3.56. The second-order valence-corrected chi connectivity index (χ2v) is 7.51. The Kier molecular flexibility index (Phi) is 4.23. The summed E-state index contributed by atoms with van der Waals surface area (Å²) in [6, 6.07) is 4.07. The first-order chi connectivity index (χ1) is 8.45. The first-order valence-electron chi connectivity index (χ1n) is 4.92. The molecule has 97 valence electrons. The van der Waals surface area contributed by atoms with Crippen molar-refractivity contribution in [2.24, 2.45) is 0 Å². The van der Waals surface area contributed by atoms with Gasteiger partial charge in [-0.25, -0.2) is 8.42 Å². The van der Waals surface area contributed by atoms with Gasteiger partial charge in [0.15, 0.2) is 0 Å². The van der Waals surface area contributed by atoms with E-state index < -0.39 is 15.4 Å². The van der Waals surface area contributed by atoms with Gasteiger partial charge >= 0.3 is 0 Å². The fourth-order valence-corrected chi connectivity index (χ4v) is 5.21. The number of hydrogen-bond acceptors (Lipinski definition) is 4. The molecule has 2 rings (SSSR count). The number of sulfonamides is 1. The van der Waals surface area contributed by atoms with Gasteiger partial charge in [0, 0.05) is 22.3 Å². The minimum atomic E-state index is -3.76. The highest BCUT2D eigenvalue weighted by Gasteiger charge is 2.36. The molecular weight excluding hydrogens is 317 g/mol. The maximum absolute atomic E-state index is 12.3. The molecule has 0 N–H and O–H groups in total. The molecule has 0 saturated carbocycles. The summed E-state index contributed by atoms with van der Waals surface area (Å²) in [6.45, 7) is 0.275. The average molecular weight is 325 g/mol. The molecule has 1 aromatic carbocycles. The van der Waals surface area contributed by atoms with Crippen molar-refractivity contribution < 1.29 is 13.2 Å². The lowest BCUT2D eigenvalue weighted by molar-refractivity contribution is 0.450. The monoisotopic (exact) mass is 324 g/mol. The van der Waals surface area contributed by atoms with Crippen LogP contribution in [0.5, 0.6) is 0 Å². The fourth-order valence-electron chi connectivity index (χ4n) is 1.61. The minimum Gasteiger partial charge on any atom is -0.288 e. The molecular formula is C10H8Cl2NO3S2. The van der Waals surface area contributed by atoms with Gasteiger partial charge in [0.2, 0.25) is 16.3 Å². The maximum Gasteiger partial charge on any atom is 0.244 e. The van der Waals surface area contributed by atoms with E-state index >= 15 is 0 Å². The molecule has 0 unspecified atom stereocenters. The number of thioether (sulfide) groups is 1. The van der Waals surface area contributed by atoms with E-state index in [4.69, 9.17) is 23.2 Å². The van der Waals surface area contributed by atoms with Gasteiger partial charge in [-0.1, -0.05) is 23.2 Å². The second kappa shape index (κ2) is 5.38. The molecule has 1 heterocycles. The van der Waals surface area contributed by atoms with Crippen molar-refractivity contribution in [1.29, 1.82) is 0 Å². The molecule has 0 spiro atoms. The van der Waals surface area contributed by atoms with E-state index in [0.717, 1.165) is 4.31 Å². The third-order valence-corrected chi connectivity index (χ3v) is 5.89. The van der Waals surface area contributed by atoms with Crippen LogP contribution in [0.15, 0.2) is 23.1 Å². The number of carbonyl (C=O) groups excluding carboxylic acids is 1. The first-order valence-corrected chi connectivity index (χ1v) is 8.17. The summed E-state index contributed by atoms with van der Waals surface area (Å²) in [5.41, 5.74) is 0. The summed E-state index contributed by atoms with van der Waals surface area (Å²) in [6.07, 6.45) is 1.71. The standard InChI is InChI=1S/C10H8Cl2NO3S2/c11-7-3-8(12)5-9(4-7)18(15,16)13-1-2-17-10(13)6-14/h3-5,10H,1-2H2/t10-/m0/s1. The lowest BCUT2D eigenvalue weighted by atomic mass is 10.4. The van der Waals surface area contributed by atoms with Gasteiger partial charge in [-0.15, -0.1) is 11.8 Å². The highest BCUT2D eigenvalue weighted by atomic mass is 35.5. The number of rotatable bonds is 3. The molecule has 0 amide bonds. The zero-order valence-corrected chi connectivity index (χ0v) is 12.1. The molecule has 8 heteroatoms. The minimum absolute atomic E-state index is 0.0113. The molecule has 1 aromatic rings. The summed E-state index contributed by atoms with van der Waals surface area (Å²) < 4.78 is 25.8. The third-order valence-electron chi connectivity index (χ3n) is 2.39. The maximum atomic E-state index is 12.3. The van der Waals surface area contributed by atoms with E-state index in [1.807, 2.05) is 0 Å². The van der Waals surface area contributed by atoms with Gasteiger partial charge in [-0.05, 0) is 18.2 Å². The van der Waals surface area contributed by atoms with Crippen LogP contribution in [0.2, 0.25) is 10.0 Å². The summed E-state index contributed by atoms with van der Waals surface area (Å²) in [5, 5.41) is -0.327. The summed E-state index contributed by atoms with van der Waals surface area (Å²) in [5.74, 6) is 0.563. The van der Waals surface area contributed by atoms with Crippen LogP contribution in [0.4, 0.5) is 0 Å². The van der Waals surface area contributed by atoms with E-state index in [2.05, 4.69) is 0 Å². The number of nitrogens with zero attached hydrogens (tertiary/aromatic N) is 1. The van der Waals surface area contributed by atoms with Crippen molar-refractivity contribution in [2.75, 3.05) is 12.3 Å². The first kappa shape index (κ1) is 14.1. The van der Waals surface area contributed by atoms with Crippen molar-refractivity contribution in [1.82, 2.24) is 4.31 Å². The summed E-state index contributed by atoms with van der Waals surface area (Å²) in [4.78, 5) is 10.7. The summed E-state index contributed by atoms with van der Waals surface area (Å²) in [7, 11) is -3.76. The Morgan fingerprint density at radius 1 is 1.28 bits per heavy atom. The van der Waals surface area contributed by atoms with E-state index in [9.17, 15) is 13.2 Å². The highest BCUT2D eigenvalue weighted by Crippen LogP contribution is 2.31. The normalized spacial score (nSPS) is 21.1. The van der Waals surface area contributed by atoms with Crippen LogP contribution in [0.1, 0.15) is 0 Å².